The second-order valence-electron chi connectivity index (χ2n) is 4.51. The van der Waals surface area contributed by atoms with Crippen molar-refractivity contribution in [1.29, 1.82) is 0 Å². The highest BCUT2D eigenvalue weighted by Gasteiger charge is 2.28. The van der Waals surface area contributed by atoms with Crippen molar-refractivity contribution >= 4 is 5.91 Å². The Hall–Kier alpha value is -0.570. The van der Waals surface area contributed by atoms with Crippen molar-refractivity contribution in [3.05, 3.63) is 0 Å². The summed E-state index contributed by atoms with van der Waals surface area (Å²) in [7, 11) is 0. The molecule has 3 nitrogen and oxygen atoms in total. The first-order valence-corrected chi connectivity index (χ1v) is 6.65. The van der Waals surface area contributed by atoms with Gasteiger partial charge >= 0.3 is 0 Å². The Kier molecular flexibility index (Phi) is 5.81. The van der Waals surface area contributed by atoms with Gasteiger partial charge in [0.15, 0.2) is 0 Å². The Morgan fingerprint density at radius 3 is 2.44 bits per heavy atom. The van der Waals surface area contributed by atoms with E-state index >= 15 is 0 Å². The van der Waals surface area contributed by atoms with Crippen molar-refractivity contribution < 1.29 is 9.53 Å². The van der Waals surface area contributed by atoms with Crippen LogP contribution in [0.1, 0.15) is 40.0 Å². The van der Waals surface area contributed by atoms with Crippen molar-refractivity contribution in [3.63, 3.8) is 0 Å². The van der Waals surface area contributed by atoms with Gasteiger partial charge in [-0.05, 0) is 12.3 Å². The number of hydrogen-bond acceptors (Lipinski definition) is 2. The maximum Gasteiger partial charge on any atom is 0.223 e. The number of rotatable bonds is 3. The largest absolute Gasteiger partial charge is 0.381 e. The molecule has 2 rings (SSSR count). The van der Waals surface area contributed by atoms with Crippen LogP contribution in [0.5, 0.6) is 0 Å². The molecule has 16 heavy (non-hydrogen) atoms. The van der Waals surface area contributed by atoms with Crippen molar-refractivity contribution in [2.24, 2.45) is 11.8 Å². The molecule has 0 aromatic heterocycles. The molecule has 1 unspecified atom stereocenters. The Morgan fingerprint density at radius 2 is 2.00 bits per heavy atom. The molecule has 0 spiro atoms. The first-order chi connectivity index (χ1) is 7.79. The van der Waals surface area contributed by atoms with E-state index in [1.807, 2.05) is 18.7 Å². The Labute approximate surface area is 99.1 Å². The molecule has 0 aromatic rings. The number of ether oxygens (including phenoxy) is 1. The molecular weight excluding hydrogens is 202 g/mol. The van der Waals surface area contributed by atoms with Crippen molar-refractivity contribution in [2.45, 2.75) is 40.0 Å². The minimum Gasteiger partial charge on any atom is -0.381 e. The van der Waals surface area contributed by atoms with Crippen LogP contribution in [0.2, 0.25) is 0 Å². The van der Waals surface area contributed by atoms with Gasteiger partial charge in [-0.3, -0.25) is 4.79 Å². The molecule has 0 aliphatic carbocycles. The lowest BCUT2D eigenvalue weighted by molar-refractivity contribution is -0.135. The molecule has 0 radical (unpaired) electrons. The van der Waals surface area contributed by atoms with Gasteiger partial charge in [0.05, 0.1) is 13.2 Å². The molecule has 0 aromatic carbocycles. The number of nitrogens with zero attached hydrogens (tertiary/aromatic N) is 1. The second kappa shape index (κ2) is 6.89. The number of carbonyl (C=O) groups excluding carboxylic acids is 1. The zero-order valence-corrected chi connectivity index (χ0v) is 10.9. The molecule has 0 N–H and O–H groups in total. The molecule has 2 fully saturated rings. The van der Waals surface area contributed by atoms with Gasteiger partial charge in [-0.2, -0.15) is 0 Å². The van der Waals surface area contributed by atoms with Crippen molar-refractivity contribution in [2.75, 3.05) is 26.3 Å². The summed E-state index contributed by atoms with van der Waals surface area (Å²) in [6.45, 7) is 9.75. The van der Waals surface area contributed by atoms with Crippen LogP contribution in [0.25, 0.3) is 0 Å². The maximum atomic E-state index is 11.8. The minimum absolute atomic E-state index is 0.342. The van der Waals surface area contributed by atoms with Crippen LogP contribution in [0.4, 0.5) is 0 Å². The van der Waals surface area contributed by atoms with E-state index in [0.29, 0.717) is 18.2 Å². The van der Waals surface area contributed by atoms with Crippen molar-refractivity contribution in [3.8, 4) is 0 Å². The fraction of sp³-hybridized carbons (Fsp3) is 0.923. The smallest absolute Gasteiger partial charge is 0.223 e. The summed E-state index contributed by atoms with van der Waals surface area (Å²) >= 11 is 0. The van der Waals surface area contributed by atoms with Crippen LogP contribution in [0.15, 0.2) is 0 Å². The summed E-state index contributed by atoms with van der Waals surface area (Å²) in [6, 6.07) is 0. The molecule has 94 valence electrons. The Balaban J connectivity index is 0.000000606. The van der Waals surface area contributed by atoms with Crippen LogP contribution in [0, 0.1) is 11.8 Å². The molecule has 1 atom stereocenters. The summed E-state index contributed by atoms with van der Waals surface area (Å²) < 4.78 is 5.07. The van der Waals surface area contributed by atoms with Crippen LogP contribution < -0.4 is 0 Å². The van der Waals surface area contributed by atoms with Crippen LogP contribution in [0.3, 0.4) is 0 Å². The van der Waals surface area contributed by atoms with Crippen LogP contribution in [-0.4, -0.2) is 37.1 Å². The topological polar surface area (TPSA) is 29.5 Å². The highest BCUT2D eigenvalue weighted by atomic mass is 16.5. The summed E-state index contributed by atoms with van der Waals surface area (Å²) in [5.74, 6) is 1.59. The highest BCUT2D eigenvalue weighted by Crippen LogP contribution is 2.22. The predicted molar refractivity (Wildman–Crippen MR) is 65.3 cm³/mol. The fourth-order valence-electron chi connectivity index (χ4n) is 2.17. The van der Waals surface area contributed by atoms with E-state index in [9.17, 15) is 4.79 Å². The number of carbonyl (C=O) groups is 1. The van der Waals surface area contributed by atoms with E-state index in [1.54, 1.807) is 0 Å². The quantitative estimate of drug-likeness (QED) is 0.740. The molecule has 1 amide bonds. The van der Waals surface area contributed by atoms with Crippen LogP contribution in [-0.2, 0) is 9.53 Å². The lowest BCUT2D eigenvalue weighted by Gasteiger charge is -2.27. The SMILES string of the molecule is CC.CCC1CCN(C(=O)CC2COC2)C1. The molecule has 3 heteroatoms. The van der Waals surface area contributed by atoms with E-state index in [-0.39, 0.29) is 0 Å². The Bertz CT molecular complexity index is 214. The maximum absolute atomic E-state index is 11.8. The zero-order valence-electron chi connectivity index (χ0n) is 10.9. The molecule has 0 saturated carbocycles. The number of amides is 1. The van der Waals surface area contributed by atoms with Gasteiger partial charge in [0, 0.05) is 25.4 Å². The van der Waals surface area contributed by atoms with E-state index in [2.05, 4.69) is 6.92 Å². The van der Waals surface area contributed by atoms with Crippen LogP contribution >= 0.6 is 0 Å². The lowest BCUT2D eigenvalue weighted by atomic mass is 10.0. The summed E-state index contributed by atoms with van der Waals surface area (Å²) in [6.07, 6.45) is 3.11. The molecular formula is C13H25NO2. The second-order valence-corrected chi connectivity index (χ2v) is 4.51. The van der Waals surface area contributed by atoms with E-state index in [1.165, 1.54) is 12.8 Å². The lowest BCUT2D eigenvalue weighted by Crippen LogP contribution is -2.36. The van der Waals surface area contributed by atoms with Gasteiger partial charge < -0.3 is 9.64 Å². The Morgan fingerprint density at radius 1 is 1.31 bits per heavy atom. The van der Waals surface area contributed by atoms with E-state index in [0.717, 1.165) is 32.2 Å². The third-order valence-corrected chi connectivity index (χ3v) is 3.39. The number of likely N-dealkylation sites (tertiary alicyclic amines) is 1. The van der Waals surface area contributed by atoms with Gasteiger partial charge in [-0.1, -0.05) is 27.2 Å². The normalized spacial score (nSPS) is 24.7. The standard InChI is InChI=1S/C11H19NO2.C2H6/c1-2-9-3-4-12(6-9)11(13)5-10-7-14-8-10;1-2/h9-10H,2-8H2,1H3;1-2H3. The van der Waals surface area contributed by atoms with Gasteiger partial charge in [-0.15, -0.1) is 0 Å². The highest BCUT2D eigenvalue weighted by molar-refractivity contribution is 5.76. The first-order valence-electron chi connectivity index (χ1n) is 6.65. The van der Waals surface area contributed by atoms with Gasteiger partial charge in [0.25, 0.3) is 0 Å². The molecule has 2 aliphatic rings. The average Bonchev–Trinajstić information content (AvgIpc) is 2.74. The monoisotopic (exact) mass is 227 g/mol. The molecule has 0 bridgehead atoms. The third-order valence-electron chi connectivity index (χ3n) is 3.39. The third kappa shape index (κ3) is 3.48. The van der Waals surface area contributed by atoms with Gasteiger partial charge in [0.1, 0.15) is 0 Å². The summed E-state index contributed by atoms with van der Waals surface area (Å²) in [5, 5.41) is 0. The van der Waals surface area contributed by atoms with Gasteiger partial charge in [-0.25, -0.2) is 0 Å². The molecule has 2 saturated heterocycles. The molecule has 2 aliphatic heterocycles. The number of hydrogen-bond donors (Lipinski definition) is 0. The van der Waals surface area contributed by atoms with E-state index < -0.39 is 0 Å². The average molecular weight is 227 g/mol. The summed E-state index contributed by atoms with van der Waals surface area (Å²) in [5.41, 5.74) is 0. The fourth-order valence-corrected chi connectivity index (χ4v) is 2.17. The molecule has 2 heterocycles. The summed E-state index contributed by atoms with van der Waals surface area (Å²) in [4.78, 5) is 13.8. The predicted octanol–water partition coefficient (Wildman–Crippen LogP) is 2.31. The van der Waals surface area contributed by atoms with Crippen molar-refractivity contribution in [1.82, 2.24) is 4.90 Å². The van der Waals surface area contributed by atoms with Gasteiger partial charge in [0.2, 0.25) is 5.91 Å². The minimum atomic E-state index is 0.342. The first kappa shape index (κ1) is 13.5. The zero-order chi connectivity index (χ0) is 12.0. The van der Waals surface area contributed by atoms with E-state index in [4.69, 9.17) is 4.74 Å².